The highest BCUT2D eigenvalue weighted by Gasteiger charge is 2.34. The number of ether oxygens (including phenoxy) is 2. The quantitative estimate of drug-likeness (QED) is 0.569. The van der Waals surface area contributed by atoms with Crippen molar-refractivity contribution in [3.63, 3.8) is 0 Å². The second-order valence-corrected chi connectivity index (χ2v) is 7.65. The van der Waals surface area contributed by atoms with Crippen molar-refractivity contribution in [2.24, 2.45) is 0 Å². The van der Waals surface area contributed by atoms with E-state index >= 15 is 0 Å². The number of hydrogen-bond acceptors (Lipinski definition) is 7. The molecule has 3 aromatic rings. The van der Waals surface area contributed by atoms with Gasteiger partial charge < -0.3 is 20.1 Å². The summed E-state index contributed by atoms with van der Waals surface area (Å²) in [7, 11) is 1.56. The lowest BCUT2D eigenvalue weighted by atomic mass is 9.95. The van der Waals surface area contributed by atoms with Crippen molar-refractivity contribution in [1.82, 2.24) is 20.2 Å². The highest BCUT2D eigenvalue weighted by atomic mass is 32.1. The molecule has 4 rings (SSSR count). The molecule has 10 heteroatoms. The van der Waals surface area contributed by atoms with Gasteiger partial charge in [0.2, 0.25) is 0 Å². The van der Waals surface area contributed by atoms with Crippen LogP contribution in [-0.4, -0.2) is 35.3 Å². The number of allylic oxidation sites excluding steroid dienone is 1. The number of methoxy groups -OCH3 is 1. The van der Waals surface area contributed by atoms with Crippen LogP contribution in [0.3, 0.4) is 0 Å². The van der Waals surface area contributed by atoms with Crippen LogP contribution in [0.5, 0.6) is 5.75 Å². The molecular formula is C21H20N4O5S. The third-order valence-corrected chi connectivity index (χ3v) is 5.75. The summed E-state index contributed by atoms with van der Waals surface area (Å²) in [5.41, 5.74) is 1.55. The van der Waals surface area contributed by atoms with Gasteiger partial charge in [-0.2, -0.15) is 0 Å². The molecule has 0 radical (unpaired) electrons. The number of urea groups is 1. The maximum atomic E-state index is 12.9. The van der Waals surface area contributed by atoms with E-state index in [1.54, 1.807) is 49.7 Å². The molecule has 0 bridgehead atoms. The minimum atomic E-state index is -0.747. The molecule has 0 saturated heterocycles. The average molecular weight is 440 g/mol. The van der Waals surface area contributed by atoms with Gasteiger partial charge in [0, 0.05) is 0 Å². The SMILES string of the molecule is CCOC(=O)C1=C(Cn2cnc3ccsc3c2=O)NC(=O)NC1c1ccc(OC)cc1. The molecule has 1 aromatic carbocycles. The zero-order chi connectivity index (χ0) is 22.0. The molecule has 1 aliphatic heterocycles. The van der Waals surface area contributed by atoms with Crippen LogP contribution in [0.2, 0.25) is 0 Å². The Bertz CT molecular complexity index is 1230. The van der Waals surface area contributed by atoms with Gasteiger partial charge in [0.25, 0.3) is 5.56 Å². The Balaban J connectivity index is 1.80. The monoisotopic (exact) mass is 440 g/mol. The molecule has 0 spiro atoms. The fourth-order valence-electron chi connectivity index (χ4n) is 3.40. The van der Waals surface area contributed by atoms with Crippen molar-refractivity contribution in [2.45, 2.75) is 19.5 Å². The lowest BCUT2D eigenvalue weighted by Gasteiger charge is -2.29. The first-order valence-corrected chi connectivity index (χ1v) is 10.4. The van der Waals surface area contributed by atoms with Gasteiger partial charge in [-0.3, -0.25) is 9.36 Å². The fraction of sp³-hybridized carbons (Fsp3) is 0.238. The molecule has 160 valence electrons. The average Bonchev–Trinajstić information content (AvgIpc) is 3.25. The summed E-state index contributed by atoms with van der Waals surface area (Å²) in [4.78, 5) is 42.4. The molecule has 2 N–H and O–H groups in total. The van der Waals surface area contributed by atoms with Crippen molar-refractivity contribution in [3.05, 3.63) is 69.2 Å². The van der Waals surface area contributed by atoms with Crippen LogP contribution >= 0.6 is 11.3 Å². The van der Waals surface area contributed by atoms with Crippen LogP contribution in [0.1, 0.15) is 18.5 Å². The third kappa shape index (κ3) is 4.02. The molecule has 9 nitrogen and oxygen atoms in total. The van der Waals surface area contributed by atoms with E-state index in [2.05, 4.69) is 15.6 Å². The van der Waals surface area contributed by atoms with Gasteiger partial charge >= 0.3 is 12.0 Å². The number of esters is 1. The van der Waals surface area contributed by atoms with Crippen LogP contribution in [0.4, 0.5) is 4.79 Å². The second-order valence-electron chi connectivity index (χ2n) is 6.73. The summed E-state index contributed by atoms with van der Waals surface area (Å²) in [5.74, 6) is 0.0665. The predicted octanol–water partition coefficient (Wildman–Crippen LogP) is 2.34. The minimum Gasteiger partial charge on any atom is -0.497 e. The summed E-state index contributed by atoms with van der Waals surface area (Å²) >= 11 is 1.29. The largest absolute Gasteiger partial charge is 0.497 e. The first-order chi connectivity index (χ1) is 15.0. The van der Waals surface area contributed by atoms with Crippen LogP contribution in [-0.2, 0) is 16.1 Å². The van der Waals surface area contributed by atoms with Gasteiger partial charge in [-0.15, -0.1) is 11.3 Å². The second kappa shape index (κ2) is 8.60. The normalized spacial score (nSPS) is 16.1. The number of hydrogen-bond donors (Lipinski definition) is 2. The van der Waals surface area contributed by atoms with Gasteiger partial charge in [-0.25, -0.2) is 14.6 Å². The minimum absolute atomic E-state index is 0.0338. The van der Waals surface area contributed by atoms with Crippen molar-refractivity contribution in [1.29, 1.82) is 0 Å². The number of nitrogens with zero attached hydrogens (tertiary/aromatic N) is 2. The smallest absolute Gasteiger partial charge is 0.338 e. The zero-order valence-electron chi connectivity index (χ0n) is 16.9. The molecule has 1 unspecified atom stereocenters. The summed E-state index contributed by atoms with van der Waals surface area (Å²) in [6.07, 6.45) is 1.41. The van der Waals surface area contributed by atoms with Crippen molar-refractivity contribution in [2.75, 3.05) is 13.7 Å². The molecule has 0 fully saturated rings. The van der Waals surface area contributed by atoms with E-state index in [0.29, 0.717) is 21.5 Å². The molecule has 1 aliphatic rings. The number of rotatable bonds is 6. The highest BCUT2D eigenvalue weighted by molar-refractivity contribution is 7.17. The molecule has 0 aliphatic carbocycles. The number of amides is 2. The van der Waals surface area contributed by atoms with Gasteiger partial charge in [0.1, 0.15) is 10.4 Å². The number of benzene rings is 1. The Morgan fingerprint density at radius 2 is 2.00 bits per heavy atom. The first kappa shape index (κ1) is 20.6. The fourth-order valence-corrected chi connectivity index (χ4v) is 4.19. The van der Waals surface area contributed by atoms with Gasteiger partial charge in [0.05, 0.1) is 49.4 Å². The Morgan fingerprint density at radius 1 is 1.23 bits per heavy atom. The topological polar surface area (TPSA) is 112 Å². The summed E-state index contributed by atoms with van der Waals surface area (Å²) in [6, 6.07) is 7.54. The van der Waals surface area contributed by atoms with Crippen LogP contribution in [0.15, 0.2) is 58.1 Å². The number of carbonyl (C=O) groups is 2. The highest BCUT2D eigenvalue weighted by Crippen LogP contribution is 2.29. The van der Waals surface area contributed by atoms with E-state index in [4.69, 9.17) is 9.47 Å². The van der Waals surface area contributed by atoms with Crippen molar-refractivity contribution in [3.8, 4) is 5.75 Å². The van der Waals surface area contributed by atoms with Crippen LogP contribution < -0.4 is 20.9 Å². The molecule has 2 amide bonds. The van der Waals surface area contributed by atoms with E-state index < -0.39 is 18.0 Å². The van der Waals surface area contributed by atoms with Gasteiger partial charge in [0.15, 0.2) is 0 Å². The molecular weight excluding hydrogens is 420 g/mol. The van der Waals surface area contributed by atoms with E-state index in [0.717, 1.165) is 0 Å². The van der Waals surface area contributed by atoms with Crippen molar-refractivity contribution >= 4 is 33.6 Å². The maximum Gasteiger partial charge on any atom is 0.338 e. The number of nitrogens with one attached hydrogen (secondary N) is 2. The maximum absolute atomic E-state index is 12.9. The molecule has 3 heterocycles. The predicted molar refractivity (Wildman–Crippen MR) is 115 cm³/mol. The summed E-state index contributed by atoms with van der Waals surface area (Å²) < 4.78 is 12.3. The zero-order valence-corrected chi connectivity index (χ0v) is 17.7. The summed E-state index contributed by atoms with van der Waals surface area (Å²) in [6.45, 7) is 1.84. The van der Waals surface area contributed by atoms with E-state index in [1.165, 1.54) is 22.2 Å². The number of carbonyl (C=O) groups excluding carboxylic acids is 2. The Labute approximate surface area is 181 Å². The standard InChI is InChI=1S/C21H20N4O5S/c1-3-30-20(27)16-15(10-25-11-22-14-8-9-31-18(14)19(25)26)23-21(28)24-17(16)12-4-6-13(29-2)7-5-12/h4-9,11,17H,3,10H2,1-2H3,(H2,23,24,28). The molecule has 2 aromatic heterocycles. The number of thiophene rings is 1. The van der Waals surface area contributed by atoms with Gasteiger partial charge in [-0.1, -0.05) is 12.1 Å². The van der Waals surface area contributed by atoms with Crippen LogP contribution in [0, 0.1) is 0 Å². The van der Waals surface area contributed by atoms with Gasteiger partial charge in [-0.05, 0) is 36.1 Å². The number of aromatic nitrogens is 2. The Hall–Kier alpha value is -3.66. The Kier molecular flexibility index (Phi) is 5.72. The Morgan fingerprint density at radius 3 is 2.71 bits per heavy atom. The summed E-state index contributed by atoms with van der Waals surface area (Å²) in [5, 5.41) is 7.22. The van der Waals surface area contributed by atoms with E-state index in [-0.39, 0.29) is 30.0 Å². The lowest BCUT2D eigenvalue weighted by molar-refractivity contribution is -0.139. The van der Waals surface area contributed by atoms with E-state index in [9.17, 15) is 14.4 Å². The first-order valence-electron chi connectivity index (χ1n) is 9.56. The molecule has 1 atom stereocenters. The van der Waals surface area contributed by atoms with E-state index in [1.807, 2.05) is 0 Å². The molecule has 31 heavy (non-hydrogen) atoms. The lowest BCUT2D eigenvalue weighted by Crippen LogP contribution is -2.47. The number of fused-ring (bicyclic) bond motifs is 1. The van der Waals surface area contributed by atoms with Crippen LogP contribution in [0.25, 0.3) is 10.2 Å². The van der Waals surface area contributed by atoms with Crippen molar-refractivity contribution < 1.29 is 19.1 Å². The third-order valence-electron chi connectivity index (χ3n) is 4.86. The molecule has 0 saturated carbocycles.